The van der Waals surface area contributed by atoms with Crippen LogP contribution in [0.2, 0.25) is 0 Å². The Balaban J connectivity index is 1.47. The van der Waals surface area contributed by atoms with Crippen LogP contribution in [0.25, 0.3) is 17.1 Å². The number of Topliss-reactive ketones (excluding diaryl/α,β-unsaturated/α-hetero) is 1. The number of carbonyl (C=O) groups is 2. The van der Waals surface area contributed by atoms with Gasteiger partial charge in [0.1, 0.15) is 0 Å². The van der Waals surface area contributed by atoms with E-state index < -0.39 is 0 Å². The van der Waals surface area contributed by atoms with Crippen LogP contribution in [0.5, 0.6) is 0 Å². The zero-order valence-corrected chi connectivity index (χ0v) is 20.6. The number of carbonyl (C=O) groups excluding carboxylic acids is 2. The number of anilines is 1. The molecular weight excluding hydrogens is 458 g/mol. The summed E-state index contributed by atoms with van der Waals surface area (Å²) in [5, 5.41) is 9.19. The second-order valence-electron chi connectivity index (χ2n) is 8.56. The second kappa shape index (κ2) is 9.46. The van der Waals surface area contributed by atoms with E-state index in [0.717, 1.165) is 34.5 Å². The number of fused-ring (bicyclic) bond motifs is 1. The first kappa shape index (κ1) is 23.0. The summed E-state index contributed by atoms with van der Waals surface area (Å²) < 4.78 is 1.99. The van der Waals surface area contributed by atoms with E-state index in [1.807, 2.05) is 73.0 Å². The summed E-state index contributed by atoms with van der Waals surface area (Å²) in [5.74, 6) is 0.712. The van der Waals surface area contributed by atoms with Crippen LogP contribution in [-0.2, 0) is 11.2 Å². The number of aryl methyl sites for hydroxylation is 1. The Kier molecular flexibility index (Phi) is 6.21. The normalized spacial score (nSPS) is 13.5. The zero-order chi connectivity index (χ0) is 24.5. The highest BCUT2D eigenvalue weighted by Gasteiger charge is 2.26. The number of nitrogens with zero attached hydrogens (tertiary/aromatic N) is 5. The lowest BCUT2D eigenvalue weighted by atomic mass is 10.0. The number of hydrogen-bond acceptors (Lipinski definition) is 6. The molecule has 2 aromatic carbocycles. The van der Waals surface area contributed by atoms with E-state index in [2.05, 4.69) is 15.2 Å². The fourth-order valence-corrected chi connectivity index (χ4v) is 5.33. The van der Waals surface area contributed by atoms with Crippen molar-refractivity contribution in [3.05, 3.63) is 83.7 Å². The molecule has 1 amide bonds. The first-order valence-electron chi connectivity index (χ1n) is 11.5. The Labute approximate surface area is 208 Å². The molecule has 7 nitrogen and oxygen atoms in total. The third-order valence-corrected chi connectivity index (χ3v) is 7.24. The van der Waals surface area contributed by atoms with E-state index in [1.165, 1.54) is 11.8 Å². The molecule has 1 aliphatic heterocycles. The molecule has 0 bridgehead atoms. The predicted octanol–water partition coefficient (Wildman–Crippen LogP) is 4.91. The highest BCUT2D eigenvalue weighted by molar-refractivity contribution is 8.00. The number of pyridine rings is 1. The van der Waals surface area contributed by atoms with E-state index in [0.29, 0.717) is 23.1 Å². The largest absolute Gasteiger partial charge is 0.312 e. The molecule has 0 N–H and O–H groups in total. The monoisotopic (exact) mass is 483 g/mol. The standard InChI is InChI=1S/C27H25N5O2S/c1-17-7-4-5-9-23(17)32-26(22-8-6-13-28-16-22)29-30-27(32)35-18(2)25(34)21-10-11-24-20(15-21)12-14-31(24)19(3)33/h4-11,13,15-16,18H,12,14H2,1-3H3. The maximum Gasteiger partial charge on any atom is 0.223 e. The molecule has 0 saturated carbocycles. The summed E-state index contributed by atoms with van der Waals surface area (Å²) in [4.78, 5) is 31.2. The van der Waals surface area contributed by atoms with Crippen molar-refractivity contribution >= 4 is 29.1 Å². The summed E-state index contributed by atoms with van der Waals surface area (Å²) in [6.07, 6.45) is 4.24. The minimum absolute atomic E-state index is 0.0151. The highest BCUT2D eigenvalue weighted by atomic mass is 32.2. The molecule has 0 saturated heterocycles. The van der Waals surface area contributed by atoms with Gasteiger partial charge in [0.05, 0.1) is 10.9 Å². The van der Waals surface area contributed by atoms with Crippen LogP contribution in [0.15, 0.2) is 72.1 Å². The molecular formula is C27H25N5O2S. The SMILES string of the molecule is CC(=O)N1CCc2cc(C(=O)C(C)Sc3nnc(-c4cccnc4)n3-c3ccccc3C)ccc21. The number of amides is 1. The maximum atomic E-state index is 13.4. The lowest BCUT2D eigenvalue weighted by Gasteiger charge is -2.16. The lowest BCUT2D eigenvalue weighted by Crippen LogP contribution is -2.25. The number of para-hydroxylation sites is 1. The van der Waals surface area contributed by atoms with Gasteiger partial charge in [-0.05, 0) is 67.8 Å². The Hall–Kier alpha value is -3.78. The summed E-state index contributed by atoms with van der Waals surface area (Å²) in [7, 11) is 0. The van der Waals surface area contributed by atoms with E-state index in [4.69, 9.17) is 0 Å². The Morgan fingerprint density at radius 2 is 1.86 bits per heavy atom. The molecule has 0 aliphatic carbocycles. The smallest absolute Gasteiger partial charge is 0.223 e. The van der Waals surface area contributed by atoms with Crippen molar-refractivity contribution in [1.82, 2.24) is 19.7 Å². The molecule has 3 heterocycles. The third-order valence-electron chi connectivity index (χ3n) is 6.20. The fraction of sp³-hybridized carbons (Fsp3) is 0.222. The van der Waals surface area contributed by atoms with Crippen LogP contribution in [-0.4, -0.2) is 43.2 Å². The summed E-state index contributed by atoms with van der Waals surface area (Å²) in [6, 6.07) is 17.5. The van der Waals surface area contributed by atoms with Gasteiger partial charge < -0.3 is 4.90 Å². The second-order valence-corrected chi connectivity index (χ2v) is 9.87. The van der Waals surface area contributed by atoms with Gasteiger partial charge in [-0.2, -0.15) is 0 Å². The van der Waals surface area contributed by atoms with Crippen molar-refractivity contribution in [2.24, 2.45) is 0 Å². The van der Waals surface area contributed by atoms with Crippen molar-refractivity contribution < 1.29 is 9.59 Å². The van der Waals surface area contributed by atoms with Crippen LogP contribution in [0.4, 0.5) is 5.69 Å². The van der Waals surface area contributed by atoms with Gasteiger partial charge in [0.2, 0.25) is 5.91 Å². The van der Waals surface area contributed by atoms with Crippen LogP contribution in [0.3, 0.4) is 0 Å². The summed E-state index contributed by atoms with van der Waals surface area (Å²) in [6.45, 7) is 6.16. The molecule has 0 spiro atoms. The van der Waals surface area contributed by atoms with Crippen LogP contribution >= 0.6 is 11.8 Å². The highest BCUT2D eigenvalue weighted by Crippen LogP contribution is 2.34. The predicted molar refractivity (Wildman–Crippen MR) is 137 cm³/mol. The minimum atomic E-state index is -0.382. The van der Waals surface area contributed by atoms with Gasteiger partial charge in [-0.15, -0.1) is 10.2 Å². The topological polar surface area (TPSA) is 81.0 Å². The summed E-state index contributed by atoms with van der Waals surface area (Å²) >= 11 is 1.39. The van der Waals surface area contributed by atoms with Gasteiger partial charge in [-0.1, -0.05) is 30.0 Å². The zero-order valence-electron chi connectivity index (χ0n) is 19.8. The van der Waals surface area contributed by atoms with Crippen molar-refractivity contribution in [3.8, 4) is 17.1 Å². The van der Waals surface area contributed by atoms with E-state index >= 15 is 0 Å². The molecule has 4 aromatic rings. The Morgan fingerprint density at radius 1 is 1.03 bits per heavy atom. The molecule has 2 aromatic heterocycles. The molecule has 35 heavy (non-hydrogen) atoms. The number of ketones is 1. The van der Waals surface area contributed by atoms with Gasteiger partial charge in [0.15, 0.2) is 16.8 Å². The first-order chi connectivity index (χ1) is 16.9. The Bertz CT molecular complexity index is 1420. The molecule has 1 aliphatic rings. The van der Waals surface area contributed by atoms with Gasteiger partial charge in [-0.25, -0.2) is 0 Å². The van der Waals surface area contributed by atoms with Crippen LogP contribution < -0.4 is 4.90 Å². The number of rotatable bonds is 6. The molecule has 176 valence electrons. The van der Waals surface area contributed by atoms with Crippen molar-refractivity contribution in [1.29, 1.82) is 0 Å². The van der Waals surface area contributed by atoms with Crippen LogP contribution in [0.1, 0.15) is 35.3 Å². The first-order valence-corrected chi connectivity index (χ1v) is 12.4. The van der Waals surface area contributed by atoms with Crippen molar-refractivity contribution in [2.75, 3.05) is 11.4 Å². The number of hydrogen-bond donors (Lipinski definition) is 0. The van der Waals surface area contributed by atoms with E-state index in [9.17, 15) is 9.59 Å². The van der Waals surface area contributed by atoms with Gasteiger partial charge in [-0.3, -0.25) is 19.1 Å². The van der Waals surface area contributed by atoms with Crippen molar-refractivity contribution in [3.63, 3.8) is 0 Å². The van der Waals surface area contributed by atoms with Gasteiger partial charge in [0, 0.05) is 42.7 Å². The molecule has 0 radical (unpaired) electrons. The molecule has 1 unspecified atom stereocenters. The van der Waals surface area contributed by atoms with E-state index in [-0.39, 0.29) is 16.9 Å². The van der Waals surface area contributed by atoms with Crippen LogP contribution in [0, 0.1) is 6.92 Å². The Morgan fingerprint density at radius 3 is 2.60 bits per heavy atom. The minimum Gasteiger partial charge on any atom is -0.312 e. The number of benzene rings is 2. The lowest BCUT2D eigenvalue weighted by molar-refractivity contribution is -0.116. The molecule has 0 fully saturated rings. The third kappa shape index (κ3) is 4.37. The number of thioether (sulfide) groups is 1. The molecule has 5 rings (SSSR count). The van der Waals surface area contributed by atoms with Gasteiger partial charge in [0.25, 0.3) is 0 Å². The average Bonchev–Trinajstić information content (AvgIpc) is 3.48. The number of aromatic nitrogens is 4. The van der Waals surface area contributed by atoms with Crippen molar-refractivity contribution in [2.45, 2.75) is 37.6 Å². The van der Waals surface area contributed by atoms with E-state index in [1.54, 1.807) is 24.2 Å². The fourth-order valence-electron chi connectivity index (χ4n) is 4.39. The quantitative estimate of drug-likeness (QED) is 0.286. The summed E-state index contributed by atoms with van der Waals surface area (Å²) in [5.41, 5.74) is 5.46. The average molecular weight is 484 g/mol. The van der Waals surface area contributed by atoms with Gasteiger partial charge >= 0.3 is 0 Å². The molecule has 1 atom stereocenters. The molecule has 8 heteroatoms. The maximum absolute atomic E-state index is 13.4.